The standard InChI is InChI=1S/C20H23N3O2/c1-25-18-6-4-15(5-7-18)10-22-12-17-13-23(20(24)19(17)14-22)11-16-3-2-8-21-9-16/h2-9,17,19H,10-14H2,1H3/t17-,19-/m1/s1. The lowest BCUT2D eigenvalue weighted by atomic mass is 10.0. The summed E-state index contributed by atoms with van der Waals surface area (Å²) in [7, 11) is 1.68. The maximum atomic E-state index is 12.7. The number of likely N-dealkylation sites (tertiary alicyclic amines) is 2. The molecule has 0 N–H and O–H groups in total. The first-order chi connectivity index (χ1) is 12.2. The number of amides is 1. The molecular weight excluding hydrogens is 314 g/mol. The lowest BCUT2D eigenvalue weighted by Crippen LogP contribution is -2.32. The van der Waals surface area contributed by atoms with Crippen LogP contribution in [0.3, 0.4) is 0 Å². The minimum absolute atomic E-state index is 0.148. The van der Waals surface area contributed by atoms with Crippen molar-refractivity contribution in [2.24, 2.45) is 11.8 Å². The monoisotopic (exact) mass is 337 g/mol. The number of hydrogen-bond acceptors (Lipinski definition) is 4. The average Bonchev–Trinajstić information content (AvgIpc) is 3.16. The van der Waals surface area contributed by atoms with Crippen molar-refractivity contribution >= 4 is 5.91 Å². The summed E-state index contributed by atoms with van der Waals surface area (Å²) in [6.07, 6.45) is 3.61. The third-order valence-electron chi connectivity index (χ3n) is 5.26. The Morgan fingerprint density at radius 2 is 1.92 bits per heavy atom. The number of fused-ring (bicyclic) bond motifs is 1. The van der Waals surface area contributed by atoms with Crippen LogP contribution >= 0.6 is 0 Å². The van der Waals surface area contributed by atoms with Gasteiger partial charge in [-0.2, -0.15) is 0 Å². The van der Waals surface area contributed by atoms with Crippen molar-refractivity contribution in [3.63, 3.8) is 0 Å². The van der Waals surface area contributed by atoms with Crippen LogP contribution in [0.15, 0.2) is 48.8 Å². The van der Waals surface area contributed by atoms with Gasteiger partial charge < -0.3 is 9.64 Å². The number of carbonyl (C=O) groups is 1. The van der Waals surface area contributed by atoms with Crippen molar-refractivity contribution in [2.45, 2.75) is 13.1 Å². The number of aromatic nitrogens is 1. The Kier molecular flexibility index (Phi) is 4.40. The summed E-state index contributed by atoms with van der Waals surface area (Å²) in [5.74, 6) is 1.77. The Morgan fingerprint density at radius 1 is 1.08 bits per heavy atom. The van der Waals surface area contributed by atoms with Crippen LogP contribution in [0, 0.1) is 11.8 Å². The molecule has 3 heterocycles. The molecule has 1 amide bonds. The van der Waals surface area contributed by atoms with Crippen LogP contribution in [0.5, 0.6) is 5.75 Å². The van der Waals surface area contributed by atoms with Crippen molar-refractivity contribution in [1.29, 1.82) is 0 Å². The summed E-state index contributed by atoms with van der Waals surface area (Å²) >= 11 is 0. The van der Waals surface area contributed by atoms with Gasteiger partial charge >= 0.3 is 0 Å². The van der Waals surface area contributed by atoms with Gasteiger partial charge in [0.05, 0.1) is 13.0 Å². The van der Waals surface area contributed by atoms with Crippen LogP contribution in [0.25, 0.3) is 0 Å². The van der Waals surface area contributed by atoms with E-state index in [1.54, 1.807) is 13.3 Å². The highest BCUT2D eigenvalue weighted by Gasteiger charge is 2.45. The number of rotatable bonds is 5. The van der Waals surface area contributed by atoms with Gasteiger partial charge in [-0.3, -0.25) is 14.7 Å². The fourth-order valence-electron chi connectivity index (χ4n) is 4.01. The van der Waals surface area contributed by atoms with E-state index in [0.717, 1.165) is 37.5 Å². The molecule has 0 bridgehead atoms. The van der Waals surface area contributed by atoms with E-state index < -0.39 is 0 Å². The molecule has 0 spiro atoms. The molecule has 2 atom stereocenters. The lowest BCUT2D eigenvalue weighted by Gasteiger charge is -2.21. The van der Waals surface area contributed by atoms with Crippen LogP contribution in [0.4, 0.5) is 0 Å². The van der Waals surface area contributed by atoms with Gasteiger partial charge in [0.25, 0.3) is 0 Å². The second kappa shape index (κ2) is 6.84. The van der Waals surface area contributed by atoms with Gasteiger partial charge in [0.2, 0.25) is 5.91 Å². The molecule has 0 radical (unpaired) electrons. The van der Waals surface area contributed by atoms with Crippen molar-refractivity contribution in [2.75, 3.05) is 26.7 Å². The second-order valence-electron chi connectivity index (χ2n) is 6.99. The number of methoxy groups -OCH3 is 1. The fourth-order valence-corrected chi connectivity index (χ4v) is 4.01. The predicted molar refractivity (Wildman–Crippen MR) is 94.9 cm³/mol. The second-order valence-corrected chi connectivity index (χ2v) is 6.99. The maximum Gasteiger partial charge on any atom is 0.227 e. The number of carbonyl (C=O) groups excluding carboxylic acids is 1. The van der Waals surface area contributed by atoms with E-state index in [0.29, 0.717) is 18.4 Å². The largest absolute Gasteiger partial charge is 0.497 e. The molecule has 2 aliphatic heterocycles. The van der Waals surface area contributed by atoms with Crippen LogP contribution in [-0.4, -0.2) is 47.4 Å². The van der Waals surface area contributed by atoms with Gasteiger partial charge in [-0.1, -0.05) is 18.2 Å². The van der Waals surface area contributed by atoms with Crippen molar-refractivity contribution in [3.8, 4) is 5.75 Å². The number of pyridine rings is 1. The zero-order chi connectivity index (χ0) is 17.2. The summed E-state index contributed by atoms with van der Waals surface area (Å²) in [6.45, 7) is 4.29. The molecular formula is C20H23N3O2. The van der Waals surface area contributed by atoms with E-state index >= 15 is 0 Å². The van der Waals surface area contributed by atoms with Gasteiger partial charge in [0.15, 0.2) is 0 Å². The van der Waals surface area contributed by atoms with E-state index in [1.807, 2.05) is 35.4 Å². The molecule has 0 saturated carbocycles. The van der Waals surface area contributed by atoms with Crippen LogP contribution in [0.2, 0.25) is 0 Å². The number of hydrogen-bond donors (Lipinski definition) is 0. The summed E-state index contributed by atoms with van der Waals surface area (Å²) in [6, 6.07) is 12.1. The molecule has 1 aromatic heterocycles. The molecule has 5 heteroatoms. The smallest absolute Gasteiger partial charge is 0.227 e. The minimum atomic E-state index is 0.148. The Hall–Kier alpha value is -2.40. The van der Waals surface area contributed by atoms with Gasteiger partial charge in [-0.15, -0.1) is 0 Å². The summed E-state index contributed by atoms with van der Waals surface area (Å²) in [5.41, 5.74) is 2.37. The van der Waals surface area contributed by atoms with E-state index in [2.05, 4.69) is 22.0 Å². The Balaban J connectivity index is 1.35. The summed E-state index contributed by atoms with van der Waals surface area (Å²) in [5, 5.41) is 0. The third-order valence-corrected chi connectivity index (χ3v) is 5.26. The lowest BCUT2D eigenvalue weighted by molar-refractivity contribution is -0.131. The molecule has 25 heavy (non-hydrogen) atoms. The van der Waals surface area contributed by atoms with Gasteiger partial charge in [-0.25, -0.2) is 0 Å². The molecule has 2 saturated heterocycles. The fraction of sp³-hybridized carbons (Fsp3) is 0.400. The Bertz CT molecular complexity index is 732. The molecule has 130 valence electrons. The van der Waals surface area contributed by atoms with Gasteiger partial charge in [-0.05, 0) is 29.3 Å². The topological polar surface area (TPSA) is 45.7 Å². The number of benzene rings is 1. The average molecular weight is 337 g/mol. The SMILES string of the molecule is COc1ccc(CN2C[C@@H]3CN(Cc4cccnc4)C(=O)[C@@H]3C2)cc1. The predicted octanol–water partition coefficient (Wildman–Crippen LogP) is 2.18. The van der Waals surface area contributed by atoms with E-state index in [9.17, 15) is 4.79 Å². The zero-order valence-electron chi connectivity index (χ0n) is 14.5. The number of ether oxygens (including phenoxy) is 1. The Morgan fingerprint density at radius 3 is 2.60 bits per heavy atom. The molecule has 2 aliphatic rings. The molecule has 2 aromatic rings. The third kappa shape index (κ3) is 3.37. The van der Waals surface area contributed by atoms with Crippen molar-refractivity contribution < 1.29 is 9.53 Å². The summed E-state index contributed by atoms with van der Waals surface area (Å²) < 4.78 is 5.21. The summed E-state index contributed by atoms with van der Waals surface area (Å²) in [4.78, 5) is 21.3. The highest BCUT2D eigenvalue weighted by atomic mass is 16.5. The normalized spacial score (nSPS) is 23.1. The van der Waals surface area contributed by atoms with Crippen molar-refractivity contribution in [3.05, 3.63) is 59.9 Å². The molecule has 5 nitrogen and oxygen atoms in total. The van der Waals surface area contributed by atoms with E-state index in [1.165, 1.54) is 5.56 Å². The zero-order valence-corrected chi connectivity index (χ0v) is 14.5. The Labute approximate surface area is 148 Å². The highest BCUT2D eigenvalue weighted by molar-refractivity contribution is 5.82. The molecule has 0 aliphatic carbocycles. The molecule has 2 fully saturated rings. The maximum absolute atomic E-state index is 12.7. The van der Waals surface area contributed by atoms with E-state index in [-0.39, 0.29) is 5.92 Å². The van der Waals surface area contributed by atoms with Crippen LogP contribution in [0.1, 0.15) is 11.1 Å². The quantitative estimate of drug-likeness (QED) is 0.839. The number of nitrogens with zero attached hydrogens (tertiary/aromatic N) is 3. The first-order valence-electron chi connectivity index (χ1n) is 8.76. The highest BCUT2D eigenvalue weighted by Crippen LogP contribution is 2.33. The minimum Gasteiger partial charge on any atom is -0.497 e. The van der Waals surface area contributed by atoms with Gasteiger partial charge in [0.1, 0.15) is 5.75 Å². The molecule has 4 rings (SSSR count). The van der Waals surface area contributed by atoms with Crippen LogP contribution in [-0.2, 0) is 17.9 Å². The van der Waals surface area contributed by atoms with Crippen LogP contribution < -0.4 is 4.74 Å². The first kappa shape index (κ1) is 16.1. The van der Waals surface area contributed by atoms with Crippen molar-refractivity contribution in [1.82, 2.24) is 14.8 Å². The van der Waals surface area contributed by atoms with E-state index in [4.69, 9.17) is 4.74 Å². The molecule has 0 unspecified atom stereocenters. The van der Waals surface area contributed by atoms with Gasteiger partial charge in [0, 0.05) is 51.0 Å². The first-order valence-corrected chi connectivity index (χ1v) is 8.76. The molecule has 1 aromatic carbocycles.